The summed E-state index contributed by atoms with van der Waals surface area (Å²) in [5.74, 6) is -0.350. The largest absolute Gasteiger partial charge is 0.479 e. The van der Waals surface area contributed by atoms with E-state index in [4.69, 9.17) is 4.74 Å². The normalized spacial score (nSPS) is 20.6. The van der Waals surface area contributed by atoms with Crippen LogP contribution in [-0.4, -0.2) is 44.0 Å². The first-order chi connectivity index (χ1) is 8.97. The van der Waals surface area contributed by atoms with Gasteiger partial charge in [0.2, 0.25) is 0 Å². The Kier molecular flexibility index (Phi) is 3.58. The molecule has 1 fully saturated rings. The number of tetrazole rings is 1. The van der Waals surface area contributed by atoms with E-state index in [9.17, 15) is 9.90 Å². The molecule has 0 saturated heterocycles. The molecule has 1 atom stereocenters. The second kappa shape index (κ2) is 4.88. The van der Waals surface area contributed by atoms with Gasteiger partial charge < -0.3 is 9.84 Å². The zero-order valence-corrected chi connectivity index (χ0v) is 11.6. The molecule has 19 heavy (non-hydrogen) atoms. The fourth-order valence-corrected chi connectivity index (χ4v) is 2.40. The fraction of sp³-hybridized carbons (Fsp3) is 0.833. The van der Waals surface area contributed by atoms with Crippen LogP contribution in [0.15, 0.2) is 0 Å². The molecule has 1 aliphatic carbocycles. The molecule has 0 radical (unpaired) electrons. The molecule has 1 unspecified atom stereocenters. The molecule has 0 bridgehead atoms. The van der Waals surface area contributed by atoms with E-state index in [0.717, 1.165) is 19.3 Å². The van der Waals surface area contributed by atoms with Crippen molar-refractivity contribution in [3.8, 4) is 0 Å². The van der Waals surface area contributed by atoms with Crippen LogP contribution in [-0.2, 0) is 21.5 Å². The van der Waals surface area contributed by atoms with E-state index >= 15 is 0 Å². The molecular weight excluding hydrogens is 248 g/mol. The van der Waals surface area contributed by atoms with Crippen molar-refractivity contribution in [2.45, 2.75) is 57.1 Å². The summed E-state index contributed by atoms with van der Waals surface area (Å²) in [6.45, 7) is 3.45. The molecular formula is C12H20N4O3. The zero-order valence-electron chi connectivity index (χ0n) is 11.6. The van der Waals surface area contributed by atoms with Gasteiger partial charge in [0.15, 0.2) is 11.4 Å². The first-order valence-corrected chi connectivity index (χ1v) is 6.54. The van der Waals surface area contributed by atoms with E-state index in [0.29, 0.717) is 18.7 Å². The Morgan fingerprint density at radius 2 is 2.26 bits per heavy atom. The zero-order chi connectivity index (χ0) is 14.1. The van der Waals surface area contributed by atoms with E-state index in [-0.39, 0.29) is 5.60 Å². The van der Waals surface area contributed by atoms with Crippen LogP contribution < -0.4 is 0 Å². The Hall–Kier alpha value is -1.50. The molecule has 1 saturated carbocycles. The first-order valence-electron chi connectivity index (χ1n) is 6.54. The molecule has 1 N–H and O–H groups in total. The maximum absolute atomic E-state index is 11.5. The van der Waals surface area contributed by atoms with Crippen molar-refractivity contribution in [1.29, 1.82) is 0 Å². The summed E-state index contributed by atoms with van der Waals surface area (Å²) >= 11 is 0. The average molecular weight is 268 g/mol. The lowest BCUT2D eigenvalue weighted by atomic mass is 9.77. The van der Waals surface area contributed by atoms with Crippen LogP contribution in [0, 0.1) is 0 Å². The lowest BCUT2D eigenvalue weighted by Gasteiger charge is -2.40. The van der Waals surface area contributed by atoms with Crippen molar-refractivity contribution in [2.24, 2.45) is 0 Å². The summed E-state index contributed by atoms with van der Waals surface area (Å²) in [6, 6.07) is 0. The minimum atomic E-state index is -1.11. The number of hydrogen-bond acceptors (Lipinski definition) is 5. The number of ether oxygens (including phenoxy) is 1. The predicted molar refractivity (Wildman–Crippen MR) is 66.7 cm³/mol. The first kappa shape index (κ1) is 13.9. The Morgan fingerprint density at radius 3 is 2.68 bits per heavy atom. The third-order valence-electron chi connectivity index (χ3n) is 4.33. The number of carboxylic acids is 1. The Labute approximate surface area is 111 Å². The van der Waals surface area contributed by atoms with Gasteiger partial charge in [-0.25, -0.2) is 9.48 Å². The molecule has 0 spiro atoms. The minimum Gasteiger partial charge on any atom is -0.479 e. The van der Waals surface area contributed by atoms with Crippen molar-refractivity contribution >= 4 is 5.97 Å². The number of nitrogens with zero attached hydrogens (tertiary/aromatic N) is 4. The van der Waals surface area contributed by atoms with Crippen molar-refractivity contribution < 1.29 is 14.6 Å². The molecule has 1 aromatic rings. The number of hydrogen-bond donors (Lipinski definition) is 1. The van der Waals surface area contributed by atoms with E-state index in [2.05, 4.69) is 15.5 Å². The van der Waals surface area contributed by atoms with Gasteiger partial charge in [0.1, 0.15) is 0 Å². The van der Waals surface area contributed by atoms with Crippen molar-refractivity contribution in [3.05, 3.63) is 5.82 Å². The lowest BCUT2D eigenvalue weighted by Crippen LogP contribution is -2.45. The van der Waals surface area contributed by atoms with Gasteiger partial charge in [-0.15, -0.1) is 5.10 Å². The highest BCUT2D eigenvalue weighted by atomic mass is 16.5. The van der Waals surface area contributed by atoms with Gasteiger partial charge >= 0.3 is 5.97 Å². The van der Waals surface area contributed by atoms with Crippen molar-refractivity contribution in [3.63, 3.8) is 0 Å². The summed E-state index contributed by atoms with van der Waals surface area (Å²) in [5, 5.41) is 20.9. The number of aromatic nitrogens is 4. The second-order valence-electron chi connectivity index (χ2n) is 5.36. The Morgan fingerprint density at radius 1 is 1.58 bits per heavy atom. The Bertz CT molecular complexity index is 464. The quantitative estimate of drug-likeness (QED) is 0.827. The smallest absolute Gasteiger partial charge is 0.331 e. The van der Waals surface area contributed by atoms with Crippen LogP contribution in [0.25, 0.3) is 0 Å². The number of methoxy groups -OCH3 is 1. The molecule has 1 heterocycles. The van der Waals surface area contributed by atoms with Crippen LogP contribution in [0.2, 0.25) is 0 Å². The molecule has 106 valence electrons. The molecule has 1 aromatic heterocycles. The molecule has 0 amide bonds. The number of carbonyl (C=O) groups is 1. The van der Waals surface area contributed by atoms with Crippen LogP contribution in [0.5, 0.6) is 0 Å². The third kappa shape index (κ3) is 2.22. The van der Waals surface area contributed by atoms with Crippen molar-refractivity contribution in [2.75, 3.05) is 7.11 Å². The number of carboxylic acid groups (broad SMARTS) is 1. The van der Waals surface area contributed by atoms with Crippen LogP contribution in [0.1, 0.15) is 45.4 Å². The lowest BCUT2D eigenvalue weighted by molar-refractivity contribution is -0.147. The van der Waals surface area contributed by atoms with Gasteiger partial charge in [-0.05, 0) is 43.0 Å². The van der Waals surface area contributed by atoms with E-state index in [1.54, 1.807) is 14.0 Å². The van der Waals surface area contributed by atoms with E-state index in [1.165, 1.54) is 4.68 Å². The molecule has 0 aromatic carbocycles. The summed E-state index contributed by atoms with van der Waals surface area (Å²) in [4.78, 5) is 11.5. The number of aliphatic carboxylic acids is 1. The van der Waals surface area contributed by atoms with Crippen LogP contribution in [0.3, 0.4) is 0 Å². The second-order valence-corrected chi connectivity index (χ2v) is 5.36. The summed E-state index contributed by atoms with van der Waals surface area (Å²) in [6.07, 6.45) is 4.03. The minimum absolute atomic E-state index is 0.223. The van der Waals surface area contributed by atoms with E-state index in [1.807, 2.05) is 6.92 Å². The predicted octanol–water partition coefficient (Wildman–Crippen LogP) is 0.994. The standard InChI is InChI=1S/C12H20N4O3/c1-4-11(2,10(17)18)16-9(13-14-15-16)8-12(19-3)6-5-7-12/h4-8H2,1-3H3,(H,17,18). The maximum Gasteiger partial charge on any atom is 0.331 e. The van der Waals surface area contributed by atoms with Gasteiger partial charge in [0.05, 0.1) is 5.60 Å². The summed E-state index contributed by atoms with van der Waals surface area (Å²) < 4.78 is 6.98. The highest BCUT2D eigenvalue weighted by Crippen LogP contribution is 2.38. The maximum atomic E-state index is 11.5. The highest BCUT2D eigenvalue weighted by molar-refractivity contribution is 5.76. The molecule has 1 aliphatic rings. The molecule has 0 aliphatic heterocycles. The fourth-order valence-electron chi connectivity index (χ4n) is 2.40. The monoisotopic (exact) mass is 268 g/mol. The van der Waals surface area contributed by atoms with Gasteiger partial charge in [-0.3, -0.25) is 0 Å². The molecule has 7 nitrogen and oxygen atoms in total. The van der Waals surface area contributed by atoms with Crippen molar-refractivity contribution in [1.82, 2.24) is 20.2 Å². The van der Waals surface area contributed by atoms with Gasteiger partial charge in [-0.1, -0.05) is 6.92 Å². The number of rotatable bonds is 6. The van der Waals surface area contributed by atoms with Gasteiger partial charge in [-0.2, -0.15) is 0 Å². The highest BCUT2D eigenvalue weighted by Gasteiger charge is 2.42. The third-order valence-corrected chi connectivity index (χ3v) is 4.33. The SMILES string of the molecule is CCC(C)(C(=O)O)n1nnnc1CC1(OC)CCC1. The van der Waals surface area contributed by atoms with Crippen LogP contribution in [0.4, 0.5) is 0 Å². The molecule has 2 rings (SSSR count). The van der Waals surface area contributed by atoms with Gasteiger partial charge in [0.25, 0.3) is 0 Å². The summed E-state index contributed by atoms with van der Waals surface area (Å²) in [5.41, 5.74) is -1.34. The summed E-state index contributed by atoms with van der Waals surface area (Å²) in [7, 11) is 1.68. The topological polar surface area (TPSA) is 90.1 Å². The average Bonchev–Trinajstić information content (AvgIpc) is 2.81. The Balaban J connectivity index is 2.29. The van der Waals surface area contributed by atoms with E-state index < -0.39 is 11.5 Å². The van der Waals surface area contributed by atoms with Gasteiger partial charge in [0, 0.05) is 13.5 Å². The molecule has 7 heteroatoms. The van der Waals surface area contributed by atoms with Crippen LogP contribution >= 0.6 is 0 Å².